The zero-order chi connectivity index (χ0) is 9.97. The highest BCUT2D eigenvalue weighted by atomic mass is 16.5. The molecule has 0 radical (unpaired) electrons. The van der Waals surface area contributed by atoms with E-state index in [0.29, 0.717) is 11.9 Å². The number of rotatable bonds is 1. The topological polar surface area (TPSA) is 29.5 Å². The molecule has 0 aliphatic carbocycles. The van der Waals surface area contributed by atoms with E-state index in [9.17, 15) is 4.79 Å². The lowest BCUT2D eigenvalue weighted by molar-refractivity contribution is -0.143. The van der Waals surface area contributed by atoms with Crippen molar-refractivity contribution in [3.05, 3.63) is 0 Å². The first-order chi connectivity index (χ1) is 6.79. The molecule has 0 aromatic heterocycles. The minimum Gasteiger partial charge on any atom is -0.379 e. The van der Waals surface area contributed by atoms with Gasteiger partial charge < -0.3 is 9.64 Å². The average Bonchev–Trinajstić information content (AvgIpc) is 2.23. The molecule has 0 N–H and O–H groups in total. The zero-order valence-corrected chi connectivity index (χ0v) is 8.87. The van der Waals surface area contributed by atoms with Gasteiger partial charge in [-0.3, -0.25) is 4.79 Å². The van der Waals surface area contributed by atoms with Gasteiger partial charge in [0.2, 0.25) is 5.91 Å². The number of amides is 1. The Morgan fingerprint density at radius 3 is 2.93 bits per heavy atom. The highest BCUT2D eigenvalue weighted by Gasteiger charge is 2.31. The Hall–Kier alpha value is -0.570. The Labute approximate surface area is 85.4 Å². The average molecular weight is 197 g/mol. The minimum atomic E-state index is 0.227. The van der Waals surface area contributed by atoms with Gasteiger partial charge in [-0.15, -0.1) is 0 Å². The maximum Gasteiger partial charge on any atom is 0.225 e. The smallest absolute Gasteiger partial charge is 0.225 e. The predicted octanol–water partition coefficient (Wildman–Crippen LogP) is 1.42. The van der Waals surface area contributed by atoms with E-state index < -0.39 is 0 Å². The summed E-state index contributed by atoms with van der Waals surface area (Å²) < 4.78 is 5.42. The van der Waals surface area contributed by atoms with Gasteiger partial charge in [-0.2, -0.15) is 0 Å². The summed E-state index contributed by atoms with van der Waals surface area (Å²) in [4.78, 5) is 13.9. The van der Waals surface area contributed by atoms with Crippen LogP contribution in [0.4, 0.5) is 0 Å². The largest absolute Gasteiger partial charge is 0.379 e. The summed E-state index contributed by atoms with van der Waals surface area (Å²) in [5, 5.41) is 0. The molecule has 0 spiro atoms. The number of carbonyl (C=O) groups excluding carboxylic acids is 1. The molecule has 14 heavy (non-hydrogen) atoms. The van der Waals surface area contributed by atoms with Gasteiger partial charge >= 0.3 is 0 Å². The van der Waals surface area contributed by atoms with Crippen LogP contribution in [0.5, 0.6) is 0 Å². The summed E-state index contributed by atoms with van der Waals surface area (Å²) in [5.41, 5.74) is 0. The summed E-state index contributed by atoms with van der Waals surface area (Å²) in [6.07, 6.45) is 4.44. The van der Waals surface area contributed by atoms with E-state index in [1.54, 1.807) is 0 Å². The second kappa shape index (κ2) is 4.30. The molecule has 0 aromatic carbocycles. The zero-order valence-electron chi connectivity index (χ0n) is 8.87. The Balaban J connectivity index is 1.97. The number of likely N-dealkylation sites (tertiary alicyclic amines) is 1. The van der Waals surface area contributed by atoms with Crippen LogP contribution < -0.4 is 0 Å². The first-order valence-corrected chi connectivity index (χ1v) is 5.67. The molecule has 0 aromatic rings. The first kappa shape index (κ1) is 9.97. The van der Waals surface area contributed by atoms with Crippen LogP contribution in [0.1, 0.15) is 32.6 Å². The number of piperidine rings is 1. The van der Waals surface area contributed by atoms with Gasteiger partial charge in [0.25, 0.3) is 0 Å². The van der Waals surface area contributed by atoms with Crippen LogP contribution >= 0.6 is 0 Å². The van der Waals surface area contributed by atoms with Gasteiger partial charge in [0.15, 0.2) is 0 Å². The van der Waals surface area contributed by atoms with Crippen molar-refractivity contribution in [2.24, 2.45) is 5.92 Å². The third-order valence-electron chi connectivity index (χ3n) is 3.32. The number of ether oxygens (including phenoxy) is 1. The van der Waals surface area contributed by atoms with Crippen LogP contribution in [0, 0.1) is 5.92 Å². The molecule has 80 valence electrons. The van der Waals surface area contributed by atoms with Gasteiger partial charge in [0.1, 0.15) is 0 Å². The van der Waals surface area contributed by atoms with E-state index in [1.165, 1.54) is 0 Å². The normalized spacial score (nSPS) is 34.6. The van der Waals surface area contributed by atoms with E-state index in [0.717, 1.165) is 45.4 Å². The summed E-state index contributed by atoms with van der Waals surface area (Å²) in [7, 11) is 0. The van der Waals surface area contributed by atoms with Crippen LogP contribution in [-0.4, -0.2) is 36.6 Å². The Bertz CT molecular complexity index is 211. The monoisotopic (exact) mass is 197 g/mol. The molecule has 2 fully saturated rings. The molecule has 2 unspecified atom stereocenters. The molecule has 3 heteroatoms. The first-order valence-electron chi connectivity index (χ1n) is 5.67. The van der Waals surface area contributed by atoms with Crippen LogP contribution in [0.2, 0.25) is 0 Å². The van der Waals surface area contributed by atoms with E-state index in [1.807, 2.05) is 11.8 Å². The molecule has 2 atom stereocenters. The molecule has 2 saturated heterocycles. The Kier molecular flexibility index (Phi) is 3.06. The van der Waals surface area contributed by atoms with E-state index in [2.05, 4.69) is 0 Å². The fourth-order valence-corrected chi connectivity index (χ4v) is 2.42. The summed E-state index contributed by atoms with van der Waals surface area (Å²) in [6.45, 7) is 4.60. The highest BCUT2D eigenvalue weighted by Crippen LogP contribution is 2.23. The molecule has 1 amide bonds. The molecule has 2 heterocycles. The molecule has 2 aliphatic rings. The highest BCUT2D eigenvalue weighted by molar-refractivity contribution is 5.79. The van der Waals surface area contributed by atoms with Crippen molar-refractivity contribution in [2.75, 3.05) is 19.8 Å². The van der Waals surface area contributed by atoms with Crippen molar-refractivity contribution in [1.82, 2.24) is 4.90 Å². The van der Waals surface area contributed by atoms with Crippen molar-refractivity contribution in [1.29, 1.82) is 0 Å². The van der Waals surface area contributed by atoms with Crippen molar-refractivity contribution in [3.63, 3.8) is 0 Å². The standard InChI is InChI=1S/C11H19NO2/c1-9-4-2-6-12(11(9)13)10-5-3-7-14-8-10/h9-10H,2-8H2,1H3. The number of nitrogens with zero attached hydrogens (tertiary/aromatic N) is 1. The third kappa shape index (κ3) is 1.92. The predicted molar refractivity (Wildman–Crippen MR) is 54.0 cm³/mol. The van der Waals surface area contributed by atoms with E-state index >= 15 is 0 Å². The number of hydrogen-bond acceptors (Lipinski definition) is 2. The van der Waals surface area contributed by atoms with Crippen LogP contribution in [-0.2, 0) is 9.53 Å². The Morgan fingerprint density at radius 2 is 2.21 bits per heavy atom. The van der Waals surface area contributed by atoms with Gasteiger partial charge in [-0.1, -0.05) is 6.92 Å². The summed E-state index contributed by atoms with van der Waals surface area (Å²) in [6, 6.07) is 0.360. The second-order valence-electron chi connectivity index (χ2n) is 4.45. The molecular formula is C11H19NO2. The SMILES string of the molecule is CC1CCCN(C2CCCOC2)C1=O. The van der Waals surface area contributed by atoms with Crippen LogP contribution in [0.25, 0.3) is 0 Å². The van der Waals surface area contributed by atoms with Gasteiger partial charge in [-0.05, 0) is 25.7 Å². The molecule has 0 saturated carbocycles. The van der Waals surface area contributed by atoms with Crippen molar-refractivity contribution < 1.29 is 9.53 Å². The van der Waals surface area contributed by atoms with Crippen LogP contribution in [0.15, 0.2) is 0 Å². The number of hydrogen-bond donors (Lipinski definition) is 0. The summed E-state index contributed by atoms with van der Waals surface area (Å²) in [5.74, 6) is 0.567. The van der Waals surface area contributed by atoms with Gasteiger partial charge in [0, 0.05) is 19.1 Å². The molecular weight excluding hydrogens is 178 g/mol. The molecule has 3 nitrogen and oxygen atoms in total. The fraction of sp³-hybridized carbons (Fsp3) is 0.909. The second-order valence-corrected chi connectivity index (χ2v) is 4.45. The number of carbonyl (C=O) groups is 1. The maximum absolute atomic E-state index is 11.9. The van der Waals surface area contributed by atoms with Crippen molar-refractivity contribution in [2.45, 2.75) is 38.6 Å². The van der Waals surface area contributed by atoms with Crippen molar-refractivity contribution in [3.8, 4) is 0 Å². The lowest BCUT2D eigenvalue weighted by Gasteiger charge is -2.38. The third-order valence-corrected chi connectivity index (χ3v) is 3.32. The van der Waals surface area contributed by atoms with Gasteiger partial charge in [-0.25, -0.2) is 0 Å². The lowest BCUT2D eigenvalue weighted by Crippen LogP contribution is -2.49. The molecule has 2 rings (SSSR count). The van der Waals surface area contributed by atoms with Crippen LogP contribution in [0.3, 0.4) is 0 Å². The van der Waals surface area contributed by atoms with Gasteiger partial charge in [0.05, 0.1) is 12.6 Å². The summed E-state index contributed by atoms with van der Waals surface area (Å²) >= 11 is 0. The van der Waals surface area contributed by atoms with Crippen molar-refractivity contribution >= 4 is 5.91 Å². The molecule has 2 aliphatic heterocycles. The minimum absolute atomic E-state index is 0.227. The van der Waals surface area contributed by atoms with E-state index in [4.69, 9.17) is 4.74 Å². The maximum atomic E-state index is 11.9. The fourth-order valence-electron chi connectivity index (χ4n) is 2.42. The Morgan fingerprint density at radius 1 is 1.36 bits per heavy atom. The quantitative estimate of drug-likeness (QED) is 0.636. The van der Waals surface area contributed by atoms with E-state index in [-0.39, 0.29) is 5.92 Å². The lowest BCUT2D eigenvalue weighted by atomic mass is 9.96. The molecule has 0 bridgehead atoms.